The third kappa shape index (κ3) is 6.71. The molecule has 0 spiro atoms. The molecule has 0 heterocycles. The first-order valence-electron chi connectivity index (χ1n) is 9.65. The third-order valence-electron chi connectivity index (χ3n) is 4.41. The van der Waals surface area contributed by atoms with Crippen molar-refractivity contribution in [1.82, 2.24) is 0 Å². The van der Waals surface area contributed by atoms with Crippen molar-refractivity contribution in [3.05, 3.63) is 64.7 Å². The third-order valence-corrected chi connectivity index (χ3v) is 4.41. The van der Waals surface area contributed by atoms with Crippen LogP contribution in [0.1, 0.15) is 43.4 Å². The zero-order chi connectivity index (χ0) is 21.2. The van der Waals surface area contributed by atoms with Gasteiger partial charge in [-0.25, -0.2) is 4.79 Å². The molecule has 154 valence electrons. The lowest BCUT2D eigenvalue weighted by atomic mass is 10.1. The van der Waals surface area contributed by atoms with E-state index in [0.29, 0.717) is 18.8 Å². The number of phenolic OH excluding ortho intramolecular Hbond substituents is 1. The molecule has 5 heteroatoms. The Hall–Kier alpha value is -3.21. The molecule has 0 bridgehead atoms. The van der Waals surface area contributed by atoms with E-state index in [-0.39, 0.29) is 11.3 Å². The maximum atomic E-state index is 11.1. The summed E-state index contributed by atoms with van der Waals surface area (Å²) >= 11 is 0. The van der Waals surface area contributed by atoms with E-state index in [4.69, 9.17) is 14.6 Å². The van der Waals surface area contributed by atoms with E-state index < -0.39 is 5.97 Å². The van der Waals surface area contributed by atoms with Gasteiger partial charge >= 0.3 is 5.97 Å². The summed E-state index contributed by atoms with van der Waals surface area (Å²) in [6, 6.07) is 10.9. The fourth-order valence-corrected chi connectivity index (χ4v) is 2.71. The first-order valence-corrected chi connectivity index (χ1v) is 9.65. The van der Waals surface area contributed by atoms with Crippen molar-refractivity contribution in [2.75, 3.05) is 13.7 Å². The van der Waals surface area contributed by atoms with Gasteiger partial charge in [0.15, 0.2) is 11.5 Å². The largest absolute Gasteiger partial charge is 0.504 e. The molecule has 0 aliphatic heterocycles. The van der Waals surface area contributed by atoms with E-state index in [1.807, 2.05) is 36.4 Å². The first kappa shape index (κ1) is 22.1. The van der Waals surface area contributed by atoms with Gasteiger partial charge in [-0.3, -0.25) is 0 Å². The molecular weight excluding hydrogens is 368 g/mol. The Labute approximate surface area is 171 Å². The first-order chi connectivity index (χ1) is 13.9. The number of hydrogen-bond donors (Lipinski definition) is 2. The molecule has 0 amide bonds. The Kier molecular flexibility index (Phi) is 8.34. The highest BCUT2D eigenvalue weighted by atomic mass is 16.5. The molecule has 2 aromatic carbocycles. The molecule has 2 rings (SSSR count). The topological polar surface area (TPSA) is 76.0 Å². The zero-order valence-corrected chi connectivity index (χ0v) is 17.1. The van der Waals surface area contributed by atoms with Gasteiger partial charge in [0.05, 0.1) is 13.7 Å². The SMILES string of the molecule is CCCCOc1cc(C=C(C)C(=O)O)ccc1C=CCc1ccc(O)c(OC)c1. The van der Waals surface area contributed by atoms with Crippen molar-refractivity contribution in [1.29, 1.82) is 0 Å². The van der Waals surface area contributed by atoms with Crippen LogP contribution in [0, 0.1) is 0 Å². The van der Waals surface area contributed by atoms with Crippen LogP contribution in [0.4, 0.5) is 0 Å². The smallest absolute Gasteiger partial charge is 0.331 e. The normalized spacial score (nSPS) is 11.6. The summed E-state index contributed by atoms with van der Waals surface area (Å²) in [4.78, 5) is 11.1. The van der Waals surface area contributed by atoms with Gasteiger partial charge < -0.3 is 19.7 Å². The van der Waals surface area contributed by atoms with E-state index >= 15 is 0 Å². The summed E-state index contributed by atoms with van der Waals surface area (Å²) in [7, 11) is 1.52. The molecular formula is C24H28O5. The van der Waals surface area contributed by atoms with Crippen molar-refractivity contribution >= 4 is 18.1 Å². The molecule has 0 atom stereocenters. The Morgan fingerprint density at radius 1 is 1.14 bits per heavy atom. The number of carboxylic acids is 1. The second kappa shape index (κ2) is 11.0. The zero-order valence-electron chi connectivity index (χ0n) is 17.1. The second-order valence-corrected chi connectivity index (χ2v) is 6.74. The van der Waals surface area contributed by atoms with Crippen LogP contribution >= 0.6 is 0 Å². The second-order valence-electron chi connectivity index (χ2n) is 6.74. The molecule has 0 unspecified atom stereocenters. The molecule has 2 aromatic rings. The van der Waals surface area contributed by atoms with Gasteiger partial charge in [-0.2, -0.15) is 0 Å². The van der Waals surface area contributed by atoms with Crippen LogP contribution < -0.4 is 9.47 Å². The minimum absolute atomic E-state index is 0.118. The summed E-state index contributed by atoms with van der Waals surface area (Å²) < 4.78 is 11.1. The monoisotopic (exact) mass is 396 g/mol. The maximum Gasteiger partial charge on any atom is 0.331 e. The fourth-order valence-electron chi connectivity index (χ4n) is 2.71. The molecule has 0 aliphatic carbocycles. The molecule has 0 radical (unpaired) electrons. The number of phenols is 1. The van der Waals surface area contributed by atoms with Crippen molar-refractivity contribution in [2.24, 2.45) is 0 Å². The van der Waals surface area contributed by atoms with Gasteiger partial charge in [0.1, 0.15) is 5.75 Å². The number of unbranched alkanes of at least 4 members (excludes halogenated alkanes) is 1. The molecule has 5 nitrogen and oxygen atoms in total. The number of aromatic hydroxyl groups is 1. The molecule has 0 saturated heterocycles. The molecule has 0 aromatic heterocycles. The van der Waals surface area contributed by atoms with E-state index in [1.165, 1.54) is 7.11 Å². The van der Waals surface area contributed by atoms with Crippen LogP contribution in [-0.4, -0.2) is 29.9 Å². The molecule has 29 heavy (non-hydrogen) atoms. The lowest BCUT2D eigenvalue weighted by molar-refractivity contribution is -0.132. The predicted octanol–water partition coefficient (Wildman–Crippen LogP) is 5.32. The summed E-state index contributed by atoms with van der Waals surface area (Å²) in [6.07, 6.45) is 8.29. The average Bonchev–Trinajstić information content (AvgIpc) is 2.70. The van der Waals surface area contributed by atoms with Gasteiger partial charge in [-0.15, -0.1) is 0 Å². The van der Waals surface area contributed by atoms with Crippen LogP contribution in [0.5, 0.6) is 17.2 Å². The number of aliphatic carboxylic acids is 1. The van der Waals surface area contributed by atoms with Crippen molar-refractivity contribution in [2.45, 2.75) is 33.1 Å². The molecule has 0 aliphatic rings. The number of carboxylic acid groups (broad SMARTS) is 1. The highest BCUT2D eigenvalue weighted by Gasteiger charge is 2.06. The van der Waals surface area contributed by atoms with Crippen LogP contribution in [0.3, 0.4) is 0 Å². The highest BCUT2D eigenvalue weighted by molar-refractivity contribution is 5.91. The number of allylic oxidation sites excluding steroid dienone is 1. The van der Waals surface area contributed by atoms with Gasteiger partial charge in [0.2, 0.25) is 0 Å². The minimum Gasteiger partial charge on any atom is -0.504 e. The lowest BCUT2D eigenvalue weighted by Gasteiger charge is -2.10. The van der Waals surface area contributed by atoms with E-state index in [9.17, 15) is 9.90 Å². The number of rotatable bonds is 10. The predicted molar refractivity (Wildman–Crippen MR) is 116 cm³/mol. The molecule has 0 fully saturated rings. The highest BCUT2D eigenvalue weighted by Crippen LogP contribution is 2.27. The number of carbonyl (C=O) groups is 1. The quantitative estimate of drug-likeness (QED) is 0.420. The van der Waals surface area contributed by atoms with Gasteiger partial charge in [0, 0.05) is 11.1 Å². The Morgan fingerprint density at radius 3 is 2.62 bits per heavy atom. The van der Waals surface area contributed by atoms with Gasteiger partial charge in [0.25, 0.3) is 0 Å². The van der Waals surface area contributed by atoms with Gasteiger partial charge in [-0.1, -0.05) is 43.7 Å². The van der Waals surface area contributed by atoms with Gasteiger partial charge in [-0.05, 0) is 55.2 Å². The maximum absolute atomic E-state index is 11.1. The summed E-state index contributed by atoms with van der Waals surface area (Å²) in [5.74, 6) is 0.355. The summed E-state index contributed by atoms with van der Waals surface area (Å²) in [5.41, 5.74) is 3.00. The number of hydrogen-bond acceptors (Lipinski definition) is 4. The summed E-state index contributed by atoms with van der Waals surface area (Å²) in [6.45, 7) is 4.28. The Balaban J connectivity index is 2.21. The number of ether oxygens (including phenoxy) is 2. The minimum atomic E-state index is -0.938. The number of methoxy groups -OCH3 is 1. The van der Waals surface area contributed by atoms with E-state index in [1.54, 1.807) is 25.1 Å². The Bertz CT molecular complexity index is 896. The van der Waals surface area contributed by atoms with Crippen molar-refractivity contribution in [3.63, 3.8) is 0 Å². The van der Waals surface area contributed by atoms with Crippen molar-refractivity contribution < 1.29 is 24.5 Å². The van der Waals surface area contributed by atoms with E-state index in [2.05, 4.69) is 6.92 Å². The molecule has 2 N–H and O–H groups in total. The van der Waals surface area contributed by atoms with Crippen LogP contribution in [0.15, 0.2) is 48.0 Å². The van der Waals surface area contributed by atoms with Crippen LogP contribution in [0.25, 0.3) is 12.2 Å². The fraction of sp³-hybridized carbons (Fsp3) is 0.292. The Morgan fingerprint density at radius 2 is 1.93 bits per heavy atom. The van der Waals surface area contributed by atoms with Crippen molar-refractivity contribution in [3.8, 4) is 17.2 Å². The van der Waals surface area contributed by atoms with Crippen LogP contribution in [0.2, 0.25) is 0 Å². The standard InChI is InChI=1S/C24H28O5/c1-4-5-13-29-22-16-19(14-17(2)24(26)27)9-11-20(22)8-6-7-18-10-12-21(25)23(15-18)28-3/h6,8-12,14-16,25H,4-5,7,13H2,1-3H3,(H,26,27). The van der Waals surface area contributed by atoms with E-state index in [0.717, 1.165) is 35.3 Å². The lowest BCUT2D eigenvalue weighted by Crippen LogP contribution is -1.99. The molecule has 0 saturated carbocycles. The number of benzene rings is 2. The van der Waals surface area contributed by atoms with Crippen LogP contribution in [-0.2, 0) is 11.2 Å². The summed E-state index contributed by atoms with van der Waals surface area (Å²) in [5, 5.41) is 18.8. The average molecular weight is 396 g/mol.